The van der Waals surface area contributed by atoms with E-state index in [1.165, 1.54) is 12.3 Å². The van der Waals surface area contributed by atoms with Crippen molar-refractivity contribution in [2.24, 2.45) is 0 Å². The number of halogens is 1. The van der Waals surface area contributed by atoms with Crippen molar-refractivity contribution >= 4 is 11.6 Å². The minimum absolute atomic E-state index is 0.00640. The van der Waals surface area contributed by atoms with Crippen LogP contribution in [0.4, 0.5) is 10.1 Å². The summed E-state index contributed by atoms with van der Waals surface area (Å²) in [4.78, 5) is 14.0. The van der Waals surface area contributed by atoms with Crippen LogP contribution >= 0.6 is 0 Å². The third kappa shape index (κ3) is 3.04. The third-order valence-electron chi connectivity index (χ3n) is 3.76. The van der Waals surface area contributed by atoms with Gasteiger partial charge in [-0.25, -0.2) is 4.39 Å². The topological polar surface area (TPSA) is 61.0 Å². The number of hydrogen-bond donors (Lipinski definition) is 2. The quantitative estimate of drug-likeness (QED) is 0.910. The summed E-state index contributed by atoms with van der Waals surface area (Å²) in [6.07, 6.45) is 4.74. The van der Waals surface area contributed by atoms with Crippen molar-refractivity contribution < 1.29 is 9.18 Å². The molecule has 5 nitrogen and oxygen atoms in total. The summed E-state index contributed by atoms with van der Waals surface area (Å²) in [5, 5.41) is 9.65. The number of nitrogens with one attached hydrogen (secondary N) is 2. The van der Waals surface area contributed by atoms with Crippen LogP contribution in [0.3, 0.4) is 0 Å². The number of hydrogen-bond acceptors (Lipinski definition) is 3. The second-order valence-corrected chi connectivity index (χ2v) is 5.18. The number of benzene rings is 1. The van der Waals surface area contributed by atoms with E-state index in [-0.39, 0.29) is 17.8 Å². The Bertz CT molecular complexity index is 606. The lowest BCUT2D eigenvalue weighted by Gasteiger charge is -2.32. The lowest BCUT2D eigenvalue weighted by Crippen LogP contribution is -2.42. The molecule has 1 amide bonds. The highest BCUT2D eigenvalue weighted by atomic mass is 19.1. The predicted octanol–water partition coefficient (Wildman–Crippen LogP) is 2.27. The van der Waals surface area contributed by atoms with Gasteiger partial charge in [-0.15, -0.1) is 0 Å². The fraction of sp³-hybridized carbons (Fsp3) is 0.333. The van der Waals surface area contributed by atoms with Crippen molar-refractivity contribution in [2.75, 3.05) is 18.4 Å². The molecule has 110 valence electrons. The van der Waals surface area contributed by atoms with E-state index in [1.54, 1.807) is 18.3 Å². The number of likely N-dealkylation sites (tertiary alicyclic amines) is 1. The van der Waals surface area contributed by atoms with Gasteiger partial charge in [-0.05, 0) is 25.0 Å². The minimum Gasteiger partial charge on any atom is -0.380 e. The average Bonchev–Trinajstić information content (AvgIpc) is 3.04. The van der Waals surface area contributed by atoms with E-state index in [9.17, 15) is 9.18 Å². The van der Waals surface area contributed by atoms with Crippen molar-refractivity contribution in [1.29, 1.82) is 0 Å². The molecule has 0 atom stereocenters. The van der Waals surface area contributed by atoms with Gasteiger partial charge in [0, 0.05) is 25.3 Å². The first-order valence-electron chi connectivity index (χ1n) is 7.03. The summed E-state index contributed by atoms with van der Waals surface area (Å²) in [7, 11) is 0. The number of carbonyl (C=O) groups is 1. The maximum atomic E-state index is 13.6. The SMILES string of the molecule is O=C(c1cn[nH]c1)N1CCC(Nc2ccccc2F)CC1. The average molecular weight is 288 g/mol. The number of carbonyl (C=O) groups excluding carboxylic acids is 1. The zero-order chi connectivity index (χ0) is 14.7. The second kappa shape index (κ2) is 5.95. The van der Waals surface area contributed by atoms with Gasteiger partial charge in [0.15, 0.2) is 0 Å². The van der Waals surface area contributed by atoms with Crippen molar-refractivity contribution in [3.8, 4) is 0 Å². The number of aromatic amines is 1. The second-order valence-electron chi connectivity index (χ2n) is 5.18. The van der Waals surface area contributed by atoms with Crippen LogP contribution < -0.4 is 5.32 Å². The monoisotopic (exact) mass is 288 g/mol. The summed E-state index contributed by atoms with van der Waals surface area (Å²) in [6.45, 7) is 1.33. The molecular formula is C15H17FN4O. The van der Waals surface area contributed by atoms with Gasteiger partial charge in [0.1, 0.15) is 5.82 Å². The lowest BCUT2D eigenvalue weighted by molar-refractivity contribution is 0.0718. The van der Waals surface area contributed by atoms with Crippen LogP contribution in [0.2, 0.25) is 0 Å². The van der Waals surface area contributed by atoms with Crippen molar-refractivity contribution in [2.45, 2.75) is 18.9 Å². The first-order chi connectivity index (χ1) is 10.2. The van der Waals surface area contributed by atoms with Gasteiger partial charge in [0.05, 0.1) is 17.4 Å². The first-order valence-corrected chi connectivity index (χ1v) is 7.03. The smallest absolute Gasteiger partial charge is 0.257 e. The summed E-state index contributed by atoms with van der Waals surface area (Å²) in [5.41, 5.74) is 1.10. The Labute approximate surface area is 122 Å². The molecule has 1 aromatic heterocycles. The van der Waals surface area contributed by atoms with E-state index in [2.05, 4.69) is 15.5 Å². The van der Waals surface area contributed by atoms with Gasteiger partial charge in [-0.2, -0.15) is 5.10 Å². The number of amides is 1. The fourth-order valence-electron chi connectivity index (χ4n) is 2.58. The highest BCUT2D eigenvalue weighted by Gasteiger charge is 2.24. The zero-order valence-electron chi connectivity index (χ0n) is 11.6. The normalized spacial score (nSPS) is 16.0. The molecule has 2 N–H and O–H groups in total. The fourth-order valence-corrected chi connectivity index (χ4v) is 2.58. The van der Waals surface area contributed by atoms with Crippen LogP contribution in [0.15, 0.2) is 36.7 Å². The first kappa shape index (κ1) is 13.6. The summed E-state index contributed by atoms with van der Waals surface area (Å²) in [6, 6.07) is 6.85. The number of rotatable bonds is 3. The highest BCUT2D eigenvalue weighted by Crippen LogP contribution is 2.20. The molecule has 2 aromatic rings. The van der Waals surface area contributed by atoms with E-state index in [0.717, 1.165) is 12.8 Å². The van der Waals surface area contributed by atoms with Gasteiger partial charge in [0.2, 0.25) is 0 Å². The molecule has 0 radical (unpaired) electrons. The standard InChI is InChI=1S/C15H17FN4O/c16-13-3-1-2-4-14(13)19-12-5-7-20(8-6-12)15(21)11-9-17-18-10-11/h1-4,9-10,12,19H,5-8H2,(H,17,18). The maximum absolute atomic E-state index is 13.6. The maximum Gasteiger partial charge on any atom is 0.257 e. The van der Waals surface area contributed by atoms with Crippen LogP contribution in [-0.2, 0) is 0 Å². The highest BCUT2D eigenvalue weighted by molar-refractivity contribution is 5.93. The van der Waals surface area contributed by atoms with Crippen LogP contribution in [0, 0.1) is 5.82 Å². The number of para-hydroxylation sites is 1. The summed E-state index contributed by atoms with van der Waals surface area (Å²) in [5.74, 6) is -0.248. The molecule has 21 heavy (non-hydrogen) atoms. The lowest BCUT2D eigenvalue weighted by atomic mass is 10.0. The Balaban J connectivity index is 1.56. The Morgan fingerprint density at radius 1 is 1.33 bits per heavy atom. The zero-order valence-corrected chi connectivity index (χ0v) is 11.6. The Morgan fingerprint density at radius 3 is 2.76 bits per heavy atom. The molecule has 0 spiro atoms. The summed E-state index contributed by atoms with van der Waals surface area (Å²) >= 11 is 0. The Kier molecular flexibility index (Phi) is 3.85. The van der Waals surface area contributed by atoms with Crippen LogP contribution in [-0.4, -0.2) is 40.1 Å². The molecule has 3 rings (SSSR count). The van der Waals surface area contributed by atoms with Crippen LogP contribution in [0.5, 0.6) is 0 Å². The van der Waals surface area contributed by atoms with E-state index in [4.69, 9.17) is 0 Å². The molecule has 1 aliphatic heterocycles. The molecule has 1 fully saturated rings. The van der Waals surface area contributed by atoms with Gasteiger partial charge in [-0.3, -0.25) is 9.89 Å². The number of aromatic nitrogens is 2. The van der Waals surface area contributed by atoms with Crippen molar-refractivity contribution in [3.05, 3.63) is 48.0 Å². The van der Waals surface area contributed by atoms with Gasteiger partial charge in [-0.1, -0.05) is 12.1 Å². The molecule has 1 aliphatic rings. The molecule has 0 aliphatic carbocycles. The Hall–Kier alpha value is -2.37. The van der Waals surface area contributed by atoms with Crippen molar-refractivity contribution in [3.63, 3.8) is 0 Å². The molecule has 2 heterocycles. The van der Waals surface area contributed by atoms with Crippen molar-refractivity contribution in [1.82, 2.24) is 15.1 Å². The van der Waals surface area contributed by atoms with E-state index >= 15 is 0 Å². The Morgan fingerprint density at radius 2 is 2.10 bits per heavy atom. The van der Waals surface area contributed by atoms with Gasteiger partial charge < -0.3 is 10.2 Å². The number of piperidine rings is 1. The van der Waals surface area contributed by atoms with Crippen LogP contribution in [0.1, 0.15) is 23.2 Å². The van der Waals surface area contributed by atoms with Crippen LogP contribution in [0.25, 0.3) is 0 Å². The van der Waals surface area contributed by atoms with Gasteiger partial charge in [0.25, 0.3) is 5.91 Å². The molecular weight excluding hydrogens is 271 g/mol. The van der Waals surface area contributed by atoms with E-state index < -0.39 is 0 Å². The largest absolute Gasteiger partial charge is 0.380 e. The molecule has 0 unspecified atom stereocenters. The molecule has 1 aromatic carbocycles. The summed E-state index contributed by atoms with van der Waals surface area (Å²) < 4.78 is 13.6. The molecule has 0 saturated carbocycles. The van der Waals surface area contributed by atoms with E-state index in [0.29, 0.717) is 24.3 Å². The number of H-pyrrole nitrogens is 1. The molecule has 0 bridgehead atoms. The van der Waals surface area contributed by atoms with Gasteiger partial charge >= 0.3 is 0 Å². The number of nitrogens with zero attached hydrogens (tertiary/aromatic N) is 2. The van der Waals surface area contributed by atoms with E-state index in [1.807, 2.05) is 11.0 Å². The predicted molar refractivity (Wildman–Crippen MR) is 77.5 cm³/mol. The minimum atomic E-state index is -0.241. The number of anilines is 1. The molecule has 6 heteroatoms. The third-order valence-corrected chi connectivity index (χ3v) is 3.76. The molecule has 1 saturated heterocycles.